The molecule has 3 aromatic rings. The molecule has 1 aliphatic carbocycles. The van der Waals surface area contributed by atoms with E-state index in [-0.39, 0.29) is 17.9 Å². The van der Waals surface area contributed by atoms with E-state index in [2.05, 4.69) is 21.0 Å². The Hall–Kier alpha value is -2.33. The van der Waals surface area contributed by atoms with Gasteiger partial charge >= 0.3 is 0 Å². The number of rotatable bonds is 8. The normalized spacial score (nSPS) is 15.8. The summed E-state index contributed by atoms with van der Waals surface area (Å²) in [7, 11) is -3.52. The van der Waals surface area contributed by atoms with Crippen molar-refractivity contribution >= 4 is 21.4 Å². The maximum Gasteiger partial charge on any atom is 0.214 e. The number of hydrogen-bond donors (Lipinski definition) is 2. The highest BCUT2D eigenvalue weighted by Gasteiger charge is 2.29. The summed E-state index contributed by atoms with van der Waals surface area (Å²) in [5.41, 5.74) is 5.10. The zero-order valence-electron chi connectivity index (χ0n) is 18.3. The van der Waals surface area contributed by atoms with Gasteiger partial charge in [0, 0.05) is 17.2 Å². The van der Waals surface area contributed by atoms with Gasteiger partial charge in [-0.1, -0.05) is 29.5 Å². The van der Waals surface area contributed by atoms with E-state index in [0.717, 1.165) is 50.0 Å². The number of nitrogens with zero attached hydrogens (tertiary/aromatic N) is 2. The summed E-state index contributed by atoms with van der Waals surface area (Å²) in [4.78, 5) is 0. The maximum atomic E-state index is 12.1. The molecule has 0 saturated carbocycles. The SMILES string of the molecule is Cc1cc(-c2nnc(-c3cccc4c3CCC4NS(=O)(=O)CCO)s2)ccc1OC(C)C. The number of aliphatic hydroxyl groups excluding tert-OH is 1. The van der Waals surface area contributed by atoms with E-state index in [1.54, 1.807) is 0 Å². The molecule has 7 nitrogen and oxygen atoms in total. The molecule has 9 heteroatoms. The summed E-state index contributed by atoms with van der Waals surface area (Å²) in [6, 6.07) is 11.6. The van der Waals surface area contributed by atoms with Gasteiger partial charge in [-0.05, 0) is 68.5 Å². The highest BCUT2D eigenvalue weighted by molar-refractivity contribution is 7.89. The predicted octanol–water partition coefficient (Wildman–Crippen LogP) is 3.87. The molecular formula is C23H27N3O4S2. The van der Waals surface area contributed by atoms with E-state index in [4.69, 9.17) is 9.84 Å². The molecule has 0 radical (unpaired) electrons. The lowest BCUT2D eigenvalue weighted by Gasteiger charge is -2.14. The molecular weight excluding hydrogens is 446 g/mol. The topological polar surface area (TPSA) is 101 Å². The first-order valence-electron chi connectivity index (χ1n) is 10.6. The molecule has 2 N–H and O–H groups in total. The van der Waals surface area contributed by atoms with Crippen molar-refractivity contribution in [2.75, 3.05) is 12.4 Å². The van der Waals surface area contributed by atoms with Crippen molar-refractivity contribution in [1.82, 2.24) is 14.9 Å². The van der Waals surface area contributed by atoms with Gasteiger partial charge in [0.1, 0.15) is 15.8 Å². The Morgan fingerprint density at radius 3 is 2.72 bits per heavy atom. The molecule has 0 amide bonds. The largest absolute Gasteiger partial charge is 0.491 e. The lowest BCUT2D eigenvalue weighted by atomic mass is 10.0. The Bertz CT molecular complexity index is 1220. The third-order valence-electron chi connectivity index (χ3n) is 5.39. The zero-order valence-corrected chi connectivity index (χ0v) is 20.0. The van der Waals surface area contributed by atoms with Gasteiger partial charge in [-0.25, -0.2) is 13.1 Å². The smallest absolute Gasteiger partial charge is 0.214 e. The summed E-state index contributed by atoms with van der Waals surface area (Å²) in [6.45, 7) is 5.63. The second-order valence-corrected chi connectivity index (χ2v) is 11.0. The number of benzene rings is 2. The van der Waals surface area contributed by atoms with E-state index in [0.29, 0.717) is 6.42 Å². The van der Waals surface area contributed by atoms with Crippen LogP contribution in [-0.4, -0.2) is 42.2 Å². The Kier molecular flexibility index (Phi) is 6.62. The van der Waals surface area contributed by atoms with E-state index < -0.39 is 16.6 Å². The number of hydrogen-bond acceptors (Lipinski definition) is 7. The Balaban J connectivity index is 1.60. The molecule has 1 heterocycles. The lowest BCUT2D eigenvalue weighted by Crippen LogP contribution is -2.30. The molecule has 0 saturated heterocycles. The molecule has 2 aromatic carbocycles. The summed E-state index contributed by atoms with van der Waals surface area (Å²) in [6.07, 6.45) is 1.55. The first kappa shape index (κ1) is 22.8. The Morgan fingerprint density at radius 2 is 2.00 bits per heavy atom. The van der Waals surface area contributed by atoms with Crippen LogP contribution < -0.4 is 9.46 Å². The monoisotopic (exact) mass is 473 g/mol. The first-order chi connectivity index (χ1) is 15.3. The van der Waals surface area contributed by atoms with E-state index in [1.807, 2.05) is 51.1 Å². The fraction of sp³-hybridized carbons (Fsp3) is 0.391. The Labute approximate surface area is 192 Å². The third-order valence-corrected chi connectivity index (χ3v) is 7.76. The summed E-state index contributed by atoms with van der Waals surface area (Å²) in [5, 5.41) is 19.5. The number of fused-ring (bicyclic) bond motifs is 1. The van der Waals surface area contributed by atoms with E-state index >= 15 is 0 Å². The molecule has 1 atom stereocenters. The van der Waals surface area contributed by atoms with Crippen LogP contribution in [-0.2, 0) is 16.4 Å². The summed E-state index contributed by atoms with van der Waals surface area (Å²) < 4.78 is 32.8. The van der Waals surface area contributed by atoms with E-state index in [1.165, 1.54) is 11.3 Å². The highest BCUT2D eigenvalue weighted by Crippen LogP contribution is 2.40. The summed E-state index contributed by atoms with van der Waals surface area (Å²) in [5.74, 6) is 0.572. The van der Waals surface area contributed by atoms with Crippen molar-refractivity contribution in [3.63, 3.8) is 0 Å². The fourth-order valence-electron chi connectivity index (χ4n) is 3.99. The maximum absolute atomic E-state index is 12.1. The van der Waals surface area contributed by atoms with Crippen molar-refractivity contribution in [3.05, 3.63) is 53.1 Å². The third kappa shape index (κ3) is 4.85. The average molecular weight is 474 g/mol. The molecule has 1 aliphatic rings. The Morgan fingerprint density at radius 1 is 1.22 bits per heavy atom. The van der Waals surface area contributed by atoms with Crippen molar-refractivity contribution < 1.29 is 18.3 Å². The van der Waals surface area contributed by atoms with Crippen molar-refractivity contribution in [2.24, 2.45) is 0 Å². The van der Waals surface area contributed by atoms with Crippen LogP contribution in [0.3, 0.4) is 0 Å². The predicted molar refractivity (Wildman–Crippen MR) is 126 cm³/mol. The number of nitrogens with one attached hydrogen (secondary N) is 1. The van der Waals surface area contributed by atoms with Crippen LogP contribution in [0.4, 0.5) is 0 Å². The fourth-order valence-corrected chi connectivity index (χ4v) is 5.92. The number of aromatic nitrogens is 2. The van der Waals surface area contributed by atoms with Crippen LogP contribution in [0.2, 0.25) is 0 Å². The minimum atomic E-state index is -3.52. The van der Waals surface area contributed by atoms with E-state index in [9.17, 15) is 8.42 Å². The lowest BCUT2D eigenvalue weighted by molar-refractivity contribution is 0.241. The molecule has 0 fully saturated rings. The molecule has 170 valence electrons. The van der Waals surface area contributed by atoms with Crippen molar-refractivity contribution in [2.45, 2.75) is 45.8 Å². The minimum absolute atomic E-state index is 0.116. The van der Waals surface area contributed by atoms with Crippen LogP contribution in [0, 0.1) is 6.92 Å². The molecule has 4 rings (SSSR count). The van der Waals surface area contributed by atoms with Gasteiger partial charge in [0.15, 0.2) is 0 Å². The molecule has 1 aromatic heterocycles. The second kappa shape index (κ2) is 9.27. The van der Waals surface area contributed by atoms with Crippen molar-refractivity contribution in [1.29, 1.82) is 0 Å². The average Bonchev–Trinajstić information content (AvgIpc) is 3.37. The van der Waals surface area contributed by atoms with Crippen LogP contribution in [0.25, 0.3) is 21.1 Å². The number of ether oxygens (including phenoxy) is 1. The minimum Gasteiger partial charge on any atom is -0.491 e. The van der Waals surface area contributed by atoms with Gasteiger partial charge in [-0.15, -0.1) is 10.2 Å². The van der Waals surface area contributed by atoms with Gasteiger partial charge in [0.2, 0.25) is 10.0 Å². The van der Waals surface area contributed by atoms with Crippen LogP contribution in [0.1, 0.15) is 43.0 Å². The molecule has 1 unspecified atom stereocenters. The highest BCUT2D eigenvalue weighted by atomic mass is 32.2. The summed E-state index contributed by atoms with van der Waals surface area (Å²) >= 11 is 1.52. The van der Waals surface area contributed by atoms with Crippen LogP contribution in [0.5, 0.6) is 5.75 Å². The molecule has 0 bridgehead atoms. The van der Waals surface area contributed by atoms with Gasteiger partial charge in [-0.3, -0.25) is 0 Å². The van der Waals surface area contributed by atoms with Gasteiger partial charge in [-0.2, -0.15) is 0 Å². The van der Waals surface area contributed by atoms with Gasteiger partial charge in [0.25, 0.3) is 0 Å². The zero-order chi connectivity index (χ0) is 22.9. The van der Waals surface area contributed by atoms with Gasteiger partial charge in [0.05, 0.1) is 18.5 Å². The van der Waals surface area contributed by atoms with Crippen molar-refractivity contribution in [3.8, 4) is 26.9 Å². The van der Waals surface area contributed by atoms with Gasteiger partial charge < -0.3 is 9.84 Å². The molecule has 0 spiro atoms. The number of aryl methyl sites for hydroxylation is 1. The second-order valence-electron chi connectivity index (χ2n) is 8.18. The van der Waals surface area contributed by atoms with Crippen LogP contribution in [0.15, 0.2) is 36.4 Å². The standard InChI is InChI=1S/C23H27N3O4S2/c1-14(2)30-21-10-7-16(13-15(21)3)22-24-25-23(31-22)19-6-4-5-18-17(19)8-9-20(18)26-32(28,29)12-11-27/h4-7,10,13-14,20,26-27H,8-9,11-12H2,1-3H3. The number of aliphatic hydroxyl groups is 1. The first-order valence-corrected chi connectivity index (χ1v) is 13.1. The quantitative estimate of drug-likeness (QED) is 0.515. The number of sulfonamides is 1. The molecule has 0 aliphatic heterocycles. The molecule has 32 heavy (non-hydrogen) atoms. The van der Waals surface area contributed by atoms with Crippen LogP contribution >= 0.6 is 11.3 Å².